The minimum atomic E-state index is 0.452. The smallest absolute Gasteiger partial charge is 0.0794 e. The number of piperidine rings is 1. The summed E-state index contributed by atoms with van der Waals surface area (Å²) < 4.78 is 0. The summed E-state index contributed by atoms with van der Waals surface area (Å²) in [7, 11) is 0. The standard InChI is InChI=1S/C12H19N3S/c13-9-5-11-1-2-12(6-9)15(11)4-3-10-7-16-8-14-10/h7-9,11-12H,1-6,13H2. The van der Waals surface area contributed by atoms with Crippen LogP contribution in [0.5, 0.6) is 0 Å². The molecule has 0 radical (unpaired) electrons. The molecule has 1 aromatic heterocycles. The molecule has 2 fully saturated rings. The fourth-order valence-corrected chi connectivity index (χ4v) is 3.88. The maximum absolute atomic E-state index is 6.07. The van der Waals surface area contributed by atoms with Gasteiger partial charge in [-0.25, -0.2) is 4.98 Å². The molecule has 2 N–H and O–H groups in total. The number of hydrogen-bond acceptors (Lipinski definition) is 4. The first-order chi connectivity index (χ1) is 7.83. The molecule has 16 heavy (non-hydrogen) atoms. The molecule has 2 unspecified atom stereocenters. The minimum absolute atomic E-state index is 0.452. The van der Waals surface area contributed by atoms with Gasteiger partial charge >= 0.3 is 0 Å². The molecular formula is C12H19N3S. The van der Waals surface area contributed by atoms with Crippen LogP contribution in [-0.4, -0.2) is 34.6 Å². The molecule has 3 rings (SSSR count). The van der Waals surface area contributed by atoms with Gasteiger partial charge in [0.1, 0.15) is 0 Å². The molecule has 88 valence electrons. The van der Waals surface area contributed by atoms with Crippen molar-refractivity contribution < 1.29 is 0 Å². The SMILES string of the molecule is NC1CC2CCC(C1)N2CCc1cscn1. The fourth-order valence-electron chi connectivity index (χ4n) is 3.29. The Bertz CT molecular complexity index is 324. The summed E-state index contributed by atoms with van der Waals surface area (Å²) in [5, 5.41) is 2.16. The predicted molar refractivity (Wildman–Crippen MR) is 66.5 cm³/mol. The Balaban J connectivity index is 1.59. The maximum atomic E-state index is 6.07. The van der Waals surface area contributed by atoms with Crippen LogP contribution in [0, 0.1) is 0 Å². The summed E-state index contributed by atoms with van der Waals surface area (Å²) in [6.45, 7) is 1.17. The van der Waals surface area contributed by atoms with Crippen LogP contribution in [0.2, 0.25) is 0 Å². The van der Waals surface area contributed by atoms with Gasteiger partial charge in [0, 0.05) is 36.5 Å². The lowest BCUT2D eigenvalue weighted by Gasteiger charge is -2.37. The van der Waals surface area contributed by atoms with Crippen molar-refractivity contribution in [3.05, 3.63) is 16.6 Å². The normalized spacial score (nSPS) is 34.4. The van der Waals surface area contributed by atoms with Gasteiger partial charge < -0.3 is 5.73 Å². The lowest BCUT2D eigenvalue weighted by molar-refractivity contribution is 0.129. The van der Waals surface area contributed by atoms with Crippen LogP contribution in [0.1, 0.15) is 31.4 Å². The molecule has 0 spiro atoms. The van der Waals surface area contributed by atoms with Crippen LogP contribution in [-0.2, 0) is 6.42 Å². The van der Waals surface area contributed by atoms with Gasteiger partial charge in [-0.3, -0.25) is 4.90 Å². The Labute approximate surface area is 101 Å². The first kappa shape index (κ1) is 10.7. The maximum Gasteiger partial charge on any atom is 0.0794 e. The highest BCUT2D eigenvalue weighted by Crippen LogP contribution is 2.34. The Morgan fingerprint density at radius 3 is 2.75 bits per heavy atom. The topological polar surface area (TPSA) is 42.1 Å². The van der Waals surface area contributed by atoms with Crippen molar-refractivity contribution in [3.8, 4) is 0 Å². The minimum Gasteiger partial charge on any atom is -0.328 e. The Morgan fingerprint density at radius 1 is 1.38 bits per heavy atom. The largest absolute Gasteiger partial charge is 0.328 e. The van der Waals surface area contributed by atoms with Gasteiger partial charge in [-0.05, 0) is 25.7 Å². The number of hydrogen-bond donors (Lipinski definition) is 1. The van der Waals surface area contributed by atoms with E-state index in [1.165, 1.54) is 37.9 Å². The average Bonchev–Trinajstić information content (AvgIpc) is 2.83. The zero-order chi connectivity index (χ0) is 11.0. The zero-order valence-electron chi connectivity index (χ0n) is 9.51. The van der Waals surface area contributed by atoms with Gasteiger partial charge in [0.25, 0.3) is 0 Å². The summed E-state index contributed by atoms with van der Waals surface area (Å²) in [5.41, 5.74) is 9.25. The summed E-state index contributed by atoms with van der Waals surface area (Å²) in [5.74, 6) is 0. The lowest BCUT2D eigenvalue weighted by Crippen LogP contribution is -2.48. The van der Waals surface area contributed by atoms with E-state index in [4.69, 9.17) is 5.73 Å². The van der Waals surface area contributed by atoms with Crippen molar-refractivity contribution in [3.63, 3.8) is 0 Å². The van der Waals surface area contributed by atoms with Gasteiger partial charge in [-0.2, -0.15) is 0 Å². The number of thiazole rings is 1. The van der Waals surface area contributed by atoms with Crippen molar-refractivity contribution >= 4 is 11.3 Å². The summed E-state index contributed by atoms with van der Waals surface area (Å²) in [6, 6.07) is 1.97. The molecule has 0 aromatic carbocycles. The third-order valence-corrected chi connectivity index (χ3v) is 4.67. The molecule has 2 saturated heterocycles. The van der Waals surface area contributed by atoms with Crippen LogP contribution < -0.4 is 5.73 Å². The molecule has 2 aliphatic rings. The first-order valence-corrected chi connectivity index (χ1v) is 7.15. The Morgan fingerprint density at radius 2 is 2.12 bits per heavy atom. The third-order valence-electron chi connectivity index (χ3n) is 4.03. The molecule has 2 bridgehead atoms. The highest BCUT2D eigenvalue weighted by Gasteiger charge is 2.38. The molecule has 0 aliphatic carbocycles. The summed E-state index contributed by atoms with van der Waals surface area (Å²) in [6.07, 6.45) is 6.22. The van der Waals surface area contributed by atoms with Crippen LogP contribution in [0.15, 0.2) is 10.9 Å². The number of fused-ring (bicyclic) bond motifs is 2. The molecule has 0 amide bonds. The van der Waals surface area contributed by atoms with Gasteiger partial charge in [-0.15, -0.1) is 11.3 Å². The number of aromatic nitrogens is 1. The number of nitrogens with two attached hydrogens (primary N) is 1. The van der Waals surface area contributed by atoms with E-state index in [-0.39, 0.29) is 0 Å². The second-order valence-electron chi connectivity index (χ2n) is 5.08. The molecule has 3 heterocycles. The Hall–Kier alpha value is -0.450. The van der Waals surface area contributed by atoms with Gasteiger partial charge in [0.15, 0.2) is 0 Å². The average molecular weight is 237 g/mol. The number of rotatable bonds is 3. The second kappa shape index (κ2) is 4.43. The van der Waals surface area contributed by atoms with E-state index in [1.54, 1.807) is 11.3 Å². The van der Waals surface area contributed by atoms with E-state index >= 15 is 0 Å². The molecule has 0 saturated carbocycles. The van der Waals surface area contributed by atoms with Crippen molar-refractivity contribution in [2.45, 2.75) is 50.2 Å². The third kappa shape index (κ3) is 2.01. The van der Waals surface area contributed by atoms with E-state index in [0.717, 1.165) is 18.5 Å². The molecule has 2 aliphatic heterocycles. The van der Waals surface area contributed by atoms with Crippen LogP contribution >= 0.6 is 11.3 Å². The number of nitrogens with zero attached hydrogens (tertiary/aromatic N) is 2. The van der Waals surface area contributed by atoms with Crippen LogP contribution in [0.25, 0.3) is 0 Å². The Kier molecular flexibility index (Phi) is 2.96. The molecule has 1 aromatic rings. The fraction of sp³-hybridized carbons (Fsp3) is 0.750. The van der Waals surface area contributed by atoms with Crippen LogP contribution in [0.4, 0.5) is 0 Å². The summed E-state index contributed by atoms with van der Waals surface area (Å²) in [4.78, 5) is 7.04. The van der Waals surface area contributed by atoms with Gasteiger partial charge in [0.05, 0.1) is 11.2 Å². The molecular weight excluding hydrogens is 218 g/mol. The molecule has 4 heteroatoms. The van der Waals surface area contributed by atoms with Crippen LogP contribution in [0.3, 0.4) is 0 Å². The second-order valence-corrected chi connectivity index (χ2v) is 5.80. The van der Waals surface area contributed by atoms with Crippen molar-refractivity contribution in [1.82, 2.24) is 9.88 Å². The summed E-state index contributed by atoms with van der Waals surface area (Å²) >= 11 is 1.69. The van der Waals surface area contributed by atoms with E-state index in [9.17, 15) is 0 Å². The molecule has 3 nitrogen and oxygen atoms in total. The van der Waals surface area contributed by atoms with E-state index < -0.39 is 0 Å². The van der Waals surface area contributed by atoms with E-state index in [2.05, 4.69) is 15.3 Å². The lowest BCUT2D eigenvalue weighted by atomic mass is 9.98. The van der Waals surface area contributed by atoms with Crippen molar-refractivity contribution in [1.29, 1.82) is 0 Å². The van der Waals surface area contributed by atoms with Crippen molar-refractivity contribution in [2.24, 2.45) is 5.73 Å². The van der Waals surface area contributed by atoms with Gasteiger partial charge in [-0.1, -0.05) is 0 Å². The van der Waals surface area contributed by atoms with E-state index in [1.807, 2.05) is 5.51 Å². The first-order valence-electron chi connectivity index (χ1n) is 6.21. The molecule has 2 atom stereocenters. The van der Waals surface area contributed by atoms with E-state index in [0.29, 0.717) is 6.04 Å². The highest BCUT2D eigenvalue weighted by molar-refractivity contribution is 7.07. The predicted octanol–water partition coefficient (Wildman–Crippen LogP) is 1.64. The highest BCUT2D eigenvalue weighted by atomic mass is 32.1. The quantitative estimate of drug-likeness (QED) is 0.869. The monoisotopic (exact) mass is 237 g/mol. The van der Waals surface area contributed by atoms with Gasteiger partial charge in [0.2, 0.25) is 0 Å². The van der Waals surface area contributed by atoms with Crippen molar-refractivity contribution in [2.75, 3.05) is 6.54 Å². The zero-order valence-corrected chi connectivity index (χ0v) is 10.3.